The lowest BCUT2D eigenvalue weighted by atomic mass is 10.2. The van der Waals surface area contributed by atoms with Crippen LogP contribution in [0.3, 0.4) is 0 Å². The third kappa shape index (κ3) is 2.39. The molecule has 0 aliphatic carbocycles. The van der Waals surface area contributed by atoms with Gasteiger partial charge in [0.2, 0.25) is 0 Å². The number of imidazole rings is 1. The molecule has 4 nitrogen and oxygen atoms in total. The molecule has 0 saturated carbocycles. The lowest BCUT2D eigenvalue weighted by Crippen LogP contribution is -2.22. The van der Waals surface area contributed by atoms with Gasteiger partial charge in [-0.2, -0.15) is 0 Å². The number of nitrogens with one attached hydrogen (secondary N) is 2. The van der Waals surface area contributed by atoms with Crippen molar-refractivity contribution >= 4 is 38.9 Å². The second-order valence-electron chi connectivity index (χ2n) is 4.15. The van der Waals surface area contributed by atoms with E-state index in [1.54, 1.807) is 12.3 Å². The number of rotatable bonds is 3. The maximum atomic E-state index is 13.2. The Hall–Kier alpha value is -1.92. The fourth-order valence-corrected chi connectivity index (χ4v) is 3.28. The van der Waals surface area contributed by atoms with Crippen LogP contribution in [-0.2, 0) is 6.54 Å². The molecule has 0 unspecified atom stereocenters. The van der Waals surface area contributed by atoms with Crippen molar-refractivity contribution in [3.63, 3.8) is 0 Å². The molecule has 0 saturated heterocycles. The van der Waals surface area contributed by atoms with Crippen molar-refractivity contribution in [3.05, 3.63) is 52.1 Å². The highest BCUT2D eigenvalue weighted by atomic mass is 35.5. The predicted octanol–water partition coefficient (Wildman–Crippen LogP) is 3.35. The molecule has 0 spiro atoms. The molecule has 0 radical (unpaired) electrons. The van der Waals surface area contributed by atoms with Crippen LogP contribution in [0.25, 0.3) is 10.1 Å². The Morgan fingerprint density at radius 1 is 1.50 bits per heavy atom. The number of carbonyl (C=O) groups is 1. The lowest BCUT2D eigenvalue weighted by Gasteiger charge is -2.01. The molecule has 1 amide bonds. The normalized spacial score (nSPS) is 10.9. The Balaban J connectivity index is 1.85. The third-order valence-corrected chi connectivity index (χ3v) is 4.45. The van der Waals surface area contributed by atoms with E-state index in [0.717, 1.165) is 5.69 Å². The standard InChI is InChI=1S/C13H9ClFN3OS/c14-11-9-2-1-7(15)3-10(9)20-12(11)13(19)17-5-8-4-16-6-18-8/h1-4,6H,5H2,(H,16,18)(H,17,19). The van der Waals surface area contributed by atoms with E-state index in [1.807, 2.05) is 0 Å². The molecule has 20 heavy (non-hydrogen) atoms. The van der Waals surface area contributed by atoms with E-state index in [-0.39, 0.29) is 11.7 Å². The van der Waals surface area contributed by atoms with Crippen molar-refractivity contribution in [3.8, 4) is 0 Å². The number of benzene rings is 1. The van der Waals surface area contributed by atoms with Crippen LogP contribution < -0.4 is 5.32 Å². The molecule has 2 heterocycles. The molecular weight excluding hydrogens is 301 g/mol. The van der Waals surface area contributed by atoms with Crippen LogP contribution in [-0.4, -0.2) is 15.9 Å². The maximum absolute atomic E-state index is 13.2. The SMILES string of the molecule is O=C(NCc1cnc[nH]1)c1sc2cc(F)ccc2c1Cl. The fraction of sp³-hybridized carbons (Fsp3) is 0.0769. The van der Waals surface area contributed by atoms with Crippen LogP contribution in [0.1, 0.15) is 15.4 Å². The number of carbonyl (C=O) groups excluding carboxylic acids is 1. The van der Waals surface area contributed by atoms with Crippen LogP contribution in [0.5, 0.6) is 0 Å². The van der Waals surface area contributed by atoms with Gasteiger partial charge in [0.05, 0.1) is 23.6 Å². The van der Waals surface area contributed by atoms with Gasteiger partial charge in [-0.3, -0.25) is 4.79 Å². The van der Waals surface area contributed by atoms with Crippen LogP contribution >= 0.6 is 22.9 Å². The summed E-state index contributed by atoms with van der Waals surface area (Å²) >= 11 is 7.35. The second kappa shape index (κ2) is 5.22. The molecule has 0 atom stereocenters. The van der Waals surface area contributed by atoms with E-state index < -0.39 is 0 Å². The first-order chi connectivity index (χ1) is 9.65. The zero-order valence-corrected chi connectivity index (χ0v) is 11.7. The molecule has 0 bridgehead atoms. The van der Waals surface area contributed by atoms with E-state index in [0.29, 0.717) is 26.5 Å². The summed E-state index contributed by atoms with van der Waals surface area (Å²) < 4.78 is 13.8. The highest BCUT2D eigenvalue weighted by Gasteiger charge is 2.17. The van der Waals surface area contributed by atoms with Gasteiger partial charge >= 0.3 is 0 Å². The Morgan fingerprint density at radius 2 is 2.35 bits per heavy atom. The first kappa shape index (κ1) is 13.1. The molecular formula is C13H9ClFN3OS. The number of fused-ring (bicyclic) bond motifs is 1. The van der Waals surface area contributed by atoms with Crippen molar-refractivity contribution < 1.29 is 9.18 Å². The van der Waals surface area contributed by atoms with Crippen LogP contribution in [0.15, 0.2) is 30.7 Å². The summed E-state index contributed by atoms with van der Waals surface area (Å²) in [6, 6.07) is 4.28. The summed E-state index contributed by atoms with van der Waals surface area (Å²) in [5.41, 5.74) is 0.793. The summed E-state index contributed by atoms with van der Waals surface area (Å²) in [4.78, 5) is 19.2. The molecule has 3 aromatic rings. The largest absolute Gasteiger partial charge is 0.347 e. The van der Waals surface area contributed by atoms with Gasteiger partial charge in [0.15, 0.2) is 0 Å². The molecule has 7 heteroatoms. The van der Waals surface area contributed by atoms with E-state index >= 15 is 0 Å². The zero-order valence-electron chi connectivity index (χ0n) is 10.1. The molecule has 0 fully saturated rings. The van der Waals surface area contributed by atoms with Gasteiger partial charge in [-0.25, -0.2) is 9.37 Å². The number of aromatic nitrogens is 2. The summed E-state index contributed by atoms with van der Waals surface area (Å²) in [6.45, 7) is 0.331. The summed E-state index contributed by atoms with van der Waals surface area (Å²) in [7, 11) is 0. The monoisotopic (exact) mass is 309 g/mol. The first-order valence-electron chi connectivity index (χ1n) is 5.78. The Kier molecular flexibility index (Phi) is 3.42. The minimum atomic E-state index is -0.347. The topological polar surface area (TPSA) is 57.8 Å². The van der Waals surface area contributed by atoms with Gasteiger partial charge in [-0.05, 0) is 18.2 Å². The highest BCUT2D eigenvalue weighted by molar-refractivity contribution is 7.21. The van der Waals surface area contributed by atoms with Gasteiger partial charge in [0, 0.05) is 16.3 Å². The molecule has 0 aliphatic heterocycles. The van der Waals surface area contributed by atoms with Crippen molar-refractivity contribution in [2.75, 3.05) is 0 Å². The minimum Gasteiger partial charge on any atom is -0.347 e. The number of aromatic amines is 1. The molecule has 3 rings (SSSR count). The third-order valence-electron chi connectivity index (χ3n) is 2.79. The number of H-pyrrole nitrogens is 1. The van der Waals surface area contributed by atoms with E-state index in [2.05, 4.69) is 15.3 Å². The average Bonchev–Trinajstić information content (AvgIpc) is 3.04. The molecule has 2 aromatic heterocycles. The van der Waals surface area contributed by atoms with E-state index in [9.17, 15) is 9.18 Å². The summed E-state index contributed by atoms with van der Waals surface area (Å²) in [5, 5.41) is 3.78. The highest BCUT2D eigenvalue weighted by Crippen LogP contribution is 2.35. The molecule has 0 aliphatic rings. The predicted molar refractivity (Wildman–Crippen MR) is 76.6 cm³/mol. The minimum absolute atomic E-state index is 0.286. The molecule has 1 aromatic carbocycles. The zero-order chi connectivity index (χ0) is 14.1. The quantitative estimate of drug-likeness (QED) is 0.779. The molecule has 2 N–H and O–H groups in total. The lowest BCUT2D eigenvalue weighted by molar-refractivity contribution is 0.0954. The van der Waals surface area contributed by atoms with Crippen LogP contribution in [0, 0.1) is 5.82 Å². The smallest absolute Gasteiger partial charge is 0.263 e. The number of thiophene rings is 1. The van der Waals surface area contributed by atoms with Gasteiger partial charge < -0.3 is 10.3 Å². The first-order valence-corrected chi connectivity index (χ1v) is 6.97. The van der Waals surface area contributed by atoms with Crippen molar-refractivity contribution in [2.24, 2.45) is 0 Å². The van der Waals surface area contributed by atoms with Crippen molar-refractivity contribution in [1.82, 2.24) is 15.3 Å². The second-order valence-corrected chi connectivity index (χ2v) is 5.58. The summed E-state index contributed by atoms with van der Waals surface area (Å²) in [6.07, 6.45) is 3.17. The van der Waals surface area contributed by atoms with E-state index in [4.69, 9.17) is 11.6 Å². The number of hydrogen-bond donors (Lipinski definition) is 2. The summed E-state index contributed by atoms with van der Waals surface area (Å²) in [5.74, 6) is -0.633. The maximum Gasteiger partial charge on any atom is 0.263 e. The Bertz CT molecular complexity index is 769. The van der Waals surface area contributed by atoms with Gasteiger partial charge in [-0.15, -0.1) is 11.3 Å². The number of halogens is 2. The Labute approximate surface area is 122 Å². The number of amides is 1. The van der Waals surface area contributed by atoms with Crippen LogP contribution in [0.4, 0.5) is 4.39 Å². The Morgan fingerprint density at radius 3 is 3.10 bits per heavy atom. The van der Waals surface area contributed by atoms with Gasteiger partial charge in [0.25, 0.3) is 5.91 Å². The van der Waals surface area contributed by atoms with Gasteiger partial charge in [0.1, 0.15) is 10.7 Å². The van der Waals surface area contributed by atoms with Crippen molar-refractivity contribution in [2.45, 2.75) is 6.54 Å². The van der Waals surface area contributed by atoms with Gasteiger partial charge in [-0.1, -0.05) is 11.6 Å². The number of hydrogen-bond acceptors (Lipinski definition) is 3. The fourth-order valence-electron chi connectivity index (χ4n) is 1.82. The average molecular weight is 310 g/mol. The molecule has 102 valence electrons. The van der Waals surface area contributed by atoms with Crippen molar-refractivity contribution in [1.29, 1.82) is 0 Å². The number of nitrogens with zero attached hydrogens (tertiary/aromatic N) is 1. The van der Waals surface area contributed by atoms with E-state index in [1.165, 1.54) is 29.8 Å². The van der Waals surface area contributed by atoms with Crippen LogP contribution in [0.2, 0.25) is 5.02 Å².